The number of alkyl halides is 6. The van der Waals surface area contributed by atoms with Crippen molar-refractivity contribution in [3.05, 3.63) is 27.7 Å². The Hall–Kier alpha value is -2.45. The summed E-state index contributed by atoms with van der Waals surface area (Å²) < 4.78 is 73.4. The fraction of sp³-hybridized carbons (Fsp3) is 0.471. The van der Waals surface area contributed by atoms with Gasteiger partial charge in [0.05, 0.1) is 21.8 Å². The predicted octanol–water partition coefficient (Wildman–Crippen LogP) is 3.87. The summed E-state index contributed by atoms with van der Waals surface area (Å²) in [7, 11) is 0. The van der Waals surface area contributed by atoms with Crippen molar-refractivity contribution in [1.82, 2.24) is 5.32 Å². The summed E-state index contributed by atoms with van der Waals surface area (Å²) in [6, 6.07) is 2.06. The number of alkyl carbamates (subject to hydrolysis) is 1. The molecule has 1 aromatic rings. The van der Waals surface area contributed by atoms with Crippen molar-refractivity contribution < 1.29 is 50.6 Å². The standard InChI is InChI=1S/C15H16Cl2F3N3O3.C2HF3O2/c1-2-10(21)13(24)23-11-5-9(17)8(16)3-7(11)4-12(23)26-14(25)22-6-15(18,19)20;3-2(4,5)1(6)7/h3,5,10,12H,2,4,6,21H2,1H3,(H,22,25);(H,6,7)/t10-,12-;/m0./s1. The number of hydrogen-bond acceptors (Lipinski definition) is 5. The molecule has 1 aliphatic rings. The Bertz CT molecular complexity index is 897. The number of benzene rings is 1. The fourth-order valence-electron chi connectivity index (χ4n) is 2.45. The van der Waals surface area contributed by atoms with Crippen molar-refractivity contribution in [1.29, 1.82) is 0 Å². The number of nitrogens with one attached hydrogen (secondary N) is 1. The Balaban J connectivity index is 0.000000675. The zero-order chi connectivity index (χ0) is 25.7. The number of aliphatic carboxylic acids is 1. The highest BCUT2D eigenvalue weighted by Crippen LogP contribution is 2.39. The predicted molar refractivity (Wildman–Crippen MR) is 104 cm³/mol. The lowest BCUT2D eigenvalue weighted by Gasteiger charge is -2.27. The molecular weight excluding hydrogens is 511 g/mol. The molecule has 0 fully saturated rings. The number of ether oxygens (including phenoxy) is 1. The Morgan fingerprint density at radius 2 is 1.73 bits per heavy atom. The third kappa shape index (κ3) is 8.44. The first-order chi connectivity index (χ1) is 15.0. The number of hydrogen-bond donors (Lipinski definition) is 3. The van der Waals surface area contributed by atoms with Gasteiger partial charge in [0.1, 0.15) is 6.54 Å². The molecule has 186 valence electrons. The largest absolute Gasteiger partial charge is 0.490 e. The molecule has 0 saturated heterocycles. The van der Waals surface area contributed by atoms with Crippen LogP contribution >= 0.6 is 23.2 Å². The zero-order valence-electron chi connectivity index (χ0n) is 16.6. The molecular formula is C17H17Cl2F6N3O5. The maximum atomic E-state index is 12.6. The van der Waals surface area contributed by atoms with Crippen molar-refractivity contribution in [2.45, 2.75) is 44.4 Å². The van der Waals surface area contributed by atoms with E-state index >= 15 is 0 Å². The smallest absolute Gasteiger partial charge is 0.475 e. The molecule has 1 heterocycles. The van der Waals surface area contributed by atoms with Crippen LogP contribution in [0.3, 0.4) is 0 Å². The monoisotopic (exact) mass is 527 g/mol. The second kappa shape index (κ2) is 11.1. The van der Waals surface area contributed by atoms with Crippen molar-refractivity contribution in [2.24, 2.45) is 5.73 Å². The Kier molecular flexibility index (Phi) is 9.63. The summed E-state index contributed by atoms with van der Waals surface area (Å²) in [5.41, 5.74) is 6.68. The van der Waals surface area contributed by atoms with E-state index in [2.05, 4.69) is 0 Å². The van der Waals surface area contributed by atoms with Crippen LogP contribution in [-0.4, -0.2) is 54.2 Å². The number of anilines is 1. The highest BCUT2D eigenvalue weighted by atomic mass is 35.5. The van der Waals surface area contributed by atoms with Crippen molar-refractivity contribution >= 4 is 46.9 Å². The first-order valence-corrected chi connectivity index (χ1v) is 9.61. The van der Waals surface area contributed by atoms with Gasteiger partial charge in [0.2, 0.25) is 5.91 Å². The van der Waals surface area contributed by atoms with Gasteiger partial charge in [0.15, 0.2) is 6.23 Å². The summed E-state index contributed by atoms with van der Waals surface area (Å²) in [6.07, 6.45) is -11.8. The second-order valence-electron chi connectivity index (χ2n) is 6.45. The third-order valence-electron chi connectivity index (χ3n) is 3.98. The quantitative estimate of drug-likeness (QED) is 0.511. The molecule has 2 atom stereocenters. The number of carboxylic acid groups (broad SMARTS) is 1. The molecule has 0 spiro atoms. The number of fused-ring (bicyclic) bond motifs is 1. The van der Waals surface area contributed by atoms with Crippen LogP contribution in [0.4, 0.5) is 36.8 Å². The van der Waals surface area contributed by atoms with Gasteiger partial charge in [0.25, 0.3) is 0 Å². The zero-order valence-corrected chi connectivity index (χ0v) is 18.1. The first kappa shape index (κ1) is 28.6. The van der Waals surface area contributed by atoms with Crippen LogP contribution in [0.5, 0.6) is 0 Å². The number of halogens is 8. The summed E-state index contributed by atoms with van der Waals surface area (Å²) >= 11 is 11.9. The minimum absolute atomic E-state index is 0.0494. The summed E-state index contributed by atoms with van der Waals surface area (Å²) in [6.45, 7) is 0.145. The topological polar surface area (TPSA) is 122 Å². The van der Waals surface area contributed by atoms with Gasteiger partial charge >= 0.3 is 24.4 Å². The summed E-state index contributed by atoms with van der Waals surface area (Å²) in [4.78, 5) is 34.3. The van der Waals surface area contributed by atoms with Crippen molar-refractivity contribution in [3.63, 3.8) is 0 Å². The lowest BCUT2D eigenvalue weighted by molar-refractivity contribution is -0.192. The van der Waals surface area contributed by atoms with E-state index in [4.69, 9.17) is 43.6 Å². The molecule has 2 rings (SSSR count). The van der Waals surface area contributed by atoms with Crippen LogP contribution in [0.15, 0.2) is 12.1 Å². The van der Waals surface area contributed by atoms with Gasteiger partial charge in [-0.3, -0.25) is 9.69 Å². The van der Waals surface area contributed by atoms with Crippen molar-refractivity contribution in [3.8, 4) is 0 Å². The van der Waals surface area contributed by atoms with Crippen LogP contribution < -0.4 is 16.0 Å². The number of nitrogens with two attached hydrogens (primary N) is 1. The molecule has 0 saturated carbocycles. The molecule has 0 unspecified atom stereocenters. The number of carbonyl (C=O) groups is 3. The van der Waals surface area contributed by atoms with E-state index in [1.165, 1.54) is 12.1 Å². The third-order valence-corrected chi connectivity index (χ3v) is 4.70. The van der Waals surface area contributed by atoms with Gasteiger partial charge in [-0.2, -0.15) is 26.3 Å². The Labute approximate surface area is 192 Å². The SMILES string of the molecule is CC[C@H](N)C(=O)N1c2cc(Cl)c(Cl)cc2C[C@@H]1OC(=O)NCC(F)(F)F.O=C(O)C(F)(F)F. The molecule has 8 nitrogen and oxygen atoms in total. The number of carbonyl (C=O) groups excluding carboxylic acids is 2. The lowest BCUT2D eigenvalue weighted by Crippen LogP contribution is -2.49. The second-order valence-corrected chi connectivity index (χ2v) is 7.27. The Morgan fingerprint density at radius 3 is 2.18 bits per heavy atom. The normalized spacial score (nSPS) is 16.3. The lowest BCUT2D eigenvalue weighted by atomic mass is 10.1. The van der Waals surface area contributed by atoms with E-state index in [-0.39, 0.29) is 16.5 Å². The van der Waals surface area contributed by atoms with Gasteiger partial charge < -0.3 is 20.9 Å². The van der Waals surface area contributed by atoms with Crippen LogP contribution in [0, 0.1) is 0 Å². The van der Waals surface area contributed by atoms with Crippen LogP contribution in [0.2, 0.25) is 10.0 Å². The number of nitrogens with zero attached hydrogens (tertiary/aromatic N) is 1. The Morgan fingerprint density at radius 1 is 1.21 bits per heavy atom. The molecule has 33 heavy (non-hydrogen) atoms. The van der Waals surface area contributed by atoms with Crippen LogP contribution in [0.1, 0.15) is 18.9 Å². The van der Waals surface area contributed by atoms with Crippen LogP contribution in [-0.2, 0) is 20.7 Å². The first-order valence-electron chi connectivity index (χ1n) is 8.85. The van der Waals surface area contributed by atoms with E-state index in [0.717, 1.165) is 4.90 Å². The van der Waals surface area contributed by atoms with E-state index < -0.39 is 49.1 Å². The highest BCUT2D eigenvalue weighted by molar-refractivity contribution is 6.42. The van der Waals surface area contributed by atoms with Crippen LogP contribution in [0.25, 0.3) is 0 Å². The average Bonchev–Trinajstić information content (AvgIpc) is 3.01. The summed E-state index contributed by atoms with van der Waals surface area (Å²) in [5, 5.41) is 9.13. The highest BCUT2D eigenvalue weighted by Gasteiger charge is 2.39. The van der Waals surface area contributed by atoms with Gasteiger partial charge in [-0.15, -0.1) is 0 Å². The number of amides is 2. The van der Waals surface area contributed by atoms with E-state index in [1.54, 1.807) is 12.2 Å². The molecule has 1 aromatic carbocycles. The molecule has 0 bridgehead atoms. The fourth-order valence-corrected chi connectivity index (χ4v) is 2.79. The maximum Gasteiger partial charge on any atom is 0.490 e. The van der Waals surface area contributed by atoms with Gasteiger partial charge in [-0.25, -0.2) is 9.59 Å². The minimum atomic E-state index is -5.08. The molecule has 1 aliphatic heterocycles. The average molecular weight is 528 g/mol. The molecule has 4 N–H and O–H groups in total. The van der Waals surface area contributed by atoms with E-state index in [9.17, 15) is 35.9 Å². The van der Waals surface area contributed by atoms with Crippen molar-refractivity contribution in [2.75, 3.05) is 11.4 Å². The molecule has 0 aromatic heterocycles. The van der Waals surface area contributed by atoms with Gasteiger partial charge in [-0.05, 0) is 24.1 Å². The minimum Gasteiger partial charge on any atom is -0.475 e. The maximum absolute atomic E-state index is 12.6. The molecule has 0 radical (unpaired) electrons. The molecule has 0 aliphatic carbocycles. The number of rotatable bonds is 4. The van der Waals surface area contributed by atoms with E-state index in [1.807, 2.05) is 0 Å². The summed E-state index contributed by atoms with van der Waals surface area (Å²) in [5.74, 6) is -3.30. The molecule has 2 amide bonds. The molecule has 16 heteroatoms. The number of carboxylic acids is 1. The van der Waals surface area contributed by atoms with E-state index in [0.29, 0.717) is 17.7 Å². The van der Waals surface area contributed by atoms with Gasteiger partial charge in [-0.1, -0.05) is 30.1 Å². The van der Waals surface area contributed by atoms with Gasteiger partial charge in [0, 0.05) is 6.42 Å².